The van der Waals surface area contributed by atoms with Gasteiger partial charge in [-0.15, -0.1) is 0 Å². The van der Waals surface area contributed by atoms with Gasteiger partial charge in [-0.2, -0.15) is 0 Å². The van der Waals surface area contributed by atoms with Gasteiger partial charge in [-0.05, 0) is 12.8 Å². The zero-order valence-electron chi connectivity index (χ0n) is 9.10. The van der Waals surface area contributed by atoms with Crippen LogP contribution in [0, 0.1) is 0 Å². The largest absolute Gasteiger partial charge is 0.387 e. The Morgan fingerprint density at radius 1 is 1.13 bits per heavy atom. The van der Waals surface area contributed by atoms with Gasteiger partial charge in [0.2, 0.25) is 0 Å². The highest BCUT2D eigenvalue weighted by Crippen LogP contribution is 2.15. The molecule has 0 bridgehead atoms. The van der Waals surface area contributed by atoms with Crippen LogP contribution in [0.4, 0.5) is 0 Å². The molecule has 0 amide bonds. The predicted molar refractivity (Wildman–Crippen MR) is 60.3 cm³/mol. The van der Waals surface area contributed by atoms with Gasteiger partial charge in [-0.1, -0.05) is 36.8 Å². The molecular weight excluding hydrogens is 186 g/mol. The lowest BCUT2D eigenvalue weighted by atomic mass is 9.92. The monoisotopic (exact) mass is 206 g/mol. The molecule has 1 aliphatic rings. The van der Waals surface area contributed by atoms with Gasteiger partial charge in [0, 0.05) is 12.0 Å². The molecular formula is C13H20NO+. The molecule has 1 saturated carbocycles. The van der Waals surface area contributed by atoms with Crippen LogP contribution in [0.15, 0.2) is 30.3 Å². The van der Waals surface area contributed by atoms with Crippen molar-refractivity contribution in [2.45, 2.75) is 44.4 Å². The molecule has 0 unspecified atom stereocenters. The van der Waals surface area contributed by atoms with Crippen LogP contribution in [0.1, 0.15) is 31.2 Å². The minimum absolute atomic E-state index is 0.0949. The summed E-state index contributed by atoms with van der Waals surface area (Å²) in [7, 11) is 0. The summed E-state index contributed by atoms with van der Waals surface area (Å²) in [5.74, 6) is 0. The molecule has 2 rings (SSSR count). The summed E-state index contributed by atoms with van der Waals surface area (Å²) in [6.45, 7) is 0.989. The third-order valence-corrected chi connectivity index (χ3v) is 3.28. The first kappa shape index (κ1) is 10.7. The van der Waals surface area contributed by atoms with Crippen LogP contribution in [0.5, 0.6) is 0 Å². The number of benzene rings is 1. The van der Waals surface area contributed by atoms with Crippen molar-refractivity contribution in [3.8, 4) is 0 Å². The lowest BCUT2D eigenvalue weighted by molar-refractivity contribution is -0.713. The molecule has 1 aliphatic carbocycles. The molecule has 1 fully saturated rings. The van der Waals surface area contributed by atoms with Crippen molar-refractivity contribution in [3.63, 3.8) is 0 Å². The van der Waals surface area contributed by atoms with Crippen molar-refractivity contribution in [1.82, 2.24) is 0 Å². The highest BCUT2D eigenvalue weighted by molar-refractivity contribution is 5.13. The summed E-state index contributed by atoms with van der Waals surface area (Å²) in [5, 5.41) is 12.1. The smallest absolute Gasteiger partial charge is 0.112 e. The molecule has 2 heteroatoms. The van der Waals surface area contributed by atoms with E-state index in [1.54, 1.807) is 0 Å². The van der Waals surface area contributed by atoms with Crippen LogP contribution >= 0.6 is 0 Å². The summed E-state index contributed by atoms with van der Waals surface area (Å²) in [6, 6.07) is 10.9. The second kappa shape index (κ2) is 5.29. The maximum absolute atomic E-state index is 9.82. The number of hydrogen-bond acceptors (Lipinski definition) is 1. The van der Waals surface area contributed by atoms with Crippen LogP contribution < -0.4 is 5.32 Å². The summed E-state index contributed by atoms with van der Waals surface area (Å²) >= 11 is 0. The van der Waals surface area contributed by atoms with Gasteiger partial charge in [0.05, 0.1) is 0 Å². The van der Waals surface area contributed by atoms with Crippen LogP contribution in [-0.2, 0) is 6.54 Å². The van der Waals surface area contributed by atoms with Crippen molar-refractivity contribution >= 4 is 0 Å². The molecule has 3 N–H and O–H groups in total. The number of quaternary nitrogens is 1. The molecule has 0 aliphatic heterocycles. The third-order valence-electron chi connectivity index (χ3n) is 3.28. The van der Waals surface area contributed by atoms with E-state index in [9.17, 15) is 5.11 Å². The van der Waals surface area contributed by atoms with E-state index in [0.29, 0.717) is 6.04 Å². The SMILES string of the molecule is O[C@@H]1CCCC[C@H]1[NH2+]Cc1ccccc1. The summed E-state index contributed by atoms with van der Waals surface area (Å²) in [6.07, 6.45) is 4.51. The van der Waals surface area contributed by atoms with E-state index in [1.807, 2.05) is 6.07 Å². The van der Waals surface area contributed by atoms with Gasteiger partial charge in [0.25, 0.3) is 0 Å². The molecule has 0 radical (unpaired) electrons. The van der Waals surface area contributed by atoms with Crippen LogP contribution in [0.25, 0.3) is 0 Å². The first-order chi connectivity index (χ1) is 7.36. The molecule has 0 spiro atoms. The summed E-state index contributed by atoms with van der Waals surface area (Å²) in [4.78, 5) is 0. The first-order valence-electron chi connectivity index (χ1n) is 5.91. The normalized spacial score (nSPS) is 26.5. The Morgan fingerprint density at radius 3 is 2.60 bits per heavy atom. The minimum Gasteiger partial charge on any atom is -0.387 e. The maximum atomic E-state index is 9.82. The summed E-state index contributed by atoms with van der Waals surface area (Å²) in [5.41, 5.74) is 1.34. The first-order valence-corrected chi connectivity index (χ1v) is 5.91. The van der Waals surface area contributed by atoms with E-state index in [1.165, 1.54) is 18.4 Å². The van der Waals surface area contributed by atoms with E-state index < -0.39 is 0 Å². The standard InChI is InChI=1S/C13H19NO/c15-13-9-5-4-8-12(13)14-10-11-6-2-1-3-7-11/h1-3,6-7,12-15H,4-5,8-10H2/p+1/t12-,13-/m1/s1. The molecule has 2 atom stereocenters. The third kappa shape index (κ3) is 3.05. The number of nitrogens with two attached hydrogens (primary N) is 1. The second-order valence-electron chi connectivity index (χ2n) is 4.44. The van der Waals surface area contributed by atoms with E-state index in [-0.39, 0.29) is 6.10 Å². The van der Waals surface area contributed by atoms with E-state index in [2.05, 4.69) is 29.6 Å². The lowest BCUT2D eigenvalue weighted by Gasteiger charge is -2.25. The Morgan fingerprint density at radius 2 is 1.87 bits per heavy atom. The Hall–Kier alpha value is -0.860. The van der Waals surface area contributed by atoms with E-state index >= 15 is 0 Å². The van der Waals surface area contributed by atoms with Gasteiger partial charge in [0.15, 0.2) is 0 Å². The Balaban J connectivity index is 1.82. The molecule has 0 heterocycles. The average Bonchev–Trinajstić information content (AvgIpc) is 2.29. The van der Waals surface area contributed by atoms with Crippen molar-refractivity contribution in [1.29, 1.82) is 0 Å². The second-order valence-corrected chi connectivity index (χ2v) is 4.44. The zero-order chi connectivity index (χ0) is 10.5. The van der Waals surface area contributed by atoms with Crippen molar-refractivity contribution < 1.29 is 10.4 Å². The number of hydrogen-bond donors (Lipinski definition) is 2. The number of rotatable bonds is 3. The Labute approximate surface area is 91.3 Å². The molecule has 2 nitrogen and oxygen atoms in total. The number of aliphatic hydroxyl groups is 1. The maximum Gasteiger partial charge on any atom is 0.112 e. The molecule has 1 aromatic rings. The van der Waals surface area contributed by atoms with Crippen LogP contribution in [0.2, 0.25) is 0 Å². The summed E-state index contributed by atoms with van der Waals surface area (Å²) < 4.78 is 0. The highest BCUT2D eigenvalue weighted by atomic mass is 16.3. The van der Waals surface area contributed by atoms with Crippen LogP contribution in [0.3, 0.4) is 0 Å². The molecule has 82 valence electrons. The topological polar surface area (TPSA) is 36.8 Å². The average molecular weight is 206 g/mol. The Bertz CT molecular complexity index is 286. The van der Waals surface area contributed by atoms with E-state index in [4.69, 9.17) is 0 Å². The Kier molecular flexibility index (Phi) is 3.75. The minimum atomic E-state index is -0.0949. The van der Waals surface area contributed by atoms with Gasteiger partial charge < -0.3 is 10.4 Å². The van der Waals surface area contributed by atoms with Crippen molar-refractivity contribution in [2.24, 2.45) is 0 Å². The van der Waals surface area contributed by atoms with E-state index in [0.717, 1.165) is 19.4 Å². The van der Waals surface area contributed by atoms with Gasteiger partial charge in [-0.3, -0.25) is 0 Å². The number of aliphatic hydroxyl groups excluding tert-OH is 1. The fourth-order valence-corrected chi connectivity index (χ4v) is 2.32. The molecule has 0 aromatic heterocycles. The quantitative estimate of drug-likeness (QED) is 0.762. The fourth-order valence-electron chi connectivity index (χ4n) is 2.32. The lowest BCUT2D eigenvalue weighted by Crippen LogP contribution is -2.91. The van der Waals surface area contributed by atoms with Gasteiger partial charge in [-0.25, -0.2) is 0 Å². The van der Waals surface area contributed by atoms with Crippen molar-refractivity contribution in [3.05, 3.63) is 35.9 Å². The fraction of sp³-hybridized carbons (Fsp3) is 0.538. The van der Waals surface area contributed by atoms with Crippen LogP contribution in [-0.4, -0.2) is 17.3 Å². The predicted octanol–water partition coefficient (Wildman–Crippen LogP) is 1.05. The molecule has 1 aromatic carbocycles. The van der Waals surface area contributed by atoms with Gasteiger partial charge >= 0.3 is 0 Å². The molecule has 0 saturated heterocycles. The molecule has 15 heavy (non-hydrogen) atoms. The highest BCUT2D eigenvalue weighted by Gasteiger charge is 2.25. The van der Waals surface area contributed by atoms with Gasteiger partial charge in [0.1, 0.15) is 18.7 Å². The van der Waals surface area contributed by atoms with Crippen molar-refractivity contribution in [2.75, 3.05) is 0 Å². The zero-order valence-corrected chi connectivity index (χ0v) is 9.10.